The van der Waals surface area contributed by atoms with Gasteiger partial charge in [0.05, 0.1) is 6.61 Å². The Balaban J connectivity index is 2.67. The van der Waals surface area contributed by atoms with Gasteiger partial charge in [0.2, 0.25) is 0 Å². The molecule has 1 rings (SSSR count). The van der Waals surface area contributed by atoms with Gasteiger partial charge in [0.25, 0.3) is 0 Å². The lowest BCUT2D eigenvalue weighted by Gasteiger charge is -2.14. The van der Waals surface area contributed by atoms with Gasteiger partial charge in [-0.25, -0.2) is 4.79 Å². The first-order valence-corrected chi connectivity index (χ1v) is 6.16. The van der Waals surface area contributed by atoms with E-state index in [1.165, 1.54) is 0 Å². The van der Waals surface area contributed by atoms with E-state index in [0.29, 0.717) is 11.3 Å². The Morgan fingerprint density at radius 2 is 2.22 bits per heavy atom. The second-order valence-electron chi connectivity index (χ2n) is 3.32. The van der Waals surface area contributed by atoms with Gasteiger partial charge in [-0.05, 0) is 9.99 Å². The van der Waals surface area contributed by atoms with Crippen LogP contribution in [0, 0.1) is 9.85 Å². The quantitative estimate of drug-likeness (QED) is 0.427. The summed E-state index contributed by atoms with van der Waals surface area (Å²) in [6.07, 6.45) is -2.07. The number of ether oxygens (including phenoxy) is 1. The monoisotopic (exact) mass is 361 g/mol. The van der Waals surface area contributed by atoms with Crippen molar-refractivity contribution < 1.29 is 19.7 Å². The van der Waals surface area contributed by atoms with Crippen molar-refractivity contribution in [2.24, 2.45) is 0 Å². The predicted molar refractivity (Wildman–Crippen MR) is 75.7 cm³/mol. The number of carbonyl (C=O) groups is 1. The molecule has 5 nitrogen and oxygen atoms in total. The van der Waals surface area contributed by atoms with E-state index in [1.54, 1.807) is 24.3 Å². The third kappa shape index (κ3) is 4.91. The molecular formula is C12H12INO4. The fraction of sp³-hybridized carbons (Fsp3) is 0.250. The van der Waals surface area contributed by atoms with E-state index < -0.39 is 12.2 Å². The Labute approximate surface area is 118 Å². The summed E-state index contributed by atoms with van der Waals surface area (Å²) < 4.78 is 7.79. The number of aliphatic hydroxyl groups excluding tert-OH is 1. The Bertz CT molecular complexity index is 467. The number of hydrogen-bond acceptors (Lipinski definition) is 3. The Hall–Kier alpha value is -1.30. The molecule has 0 aromatic heterocycles. The van der Waals surface area contributed by atoms with Gasteiger partial charge in [0, 0.05) is 33.8 Å². The van der Waals surface area contributed by atoms with Gasteiger partial charge in [0.15, 0.2) is 0 Å². The Kier molecular flexibility index (Phi) is 6.49. The van der Waals surface area contributed by atoms with Crippen LogP contribution in [0.3, 0.4) is 0 Å². The second-order valence-corrected chi connectivity index (χ2v) is 3.86. The van der Waals surface area contributed by atoms with Crippen LogP contribution in [0.25, 0.3) is 0 Å². The zero-order chi connectivity index (χ0) is 13.4. The summed E-state index contributed by atoms with van der Waals surface area (Å²) in [7, 11) is 0. The minimum absolute atomic E-state index is 0.0592. The molecule has 1 aromatic rings. The zero-order valence-corrected chi connectivity index (χ0v) is 11.5. The molecule has 0 aliphatic carbocycles. The molecule has 6 heteroatoms. The first kappa shape index (κ1) is 14.8. The number of anilines is 1. The molecule has 3 N–H and O–H groups in total. The van der Waals surface area contributed by atoms with Crippen LogP contribution in [0.4, 0.5) is 10.5 Å². The lowest BCUT2D eigenvalue weighted by atomic mass is 10.1. The standard InChI is InChI=1S/C12H12INO4/c13-6-3-7-18-8-11(15)9-4-1-2-5-10(9)14-12(16)17/h1-2,4-5,11,14-15H,7-8H2,(H,16,17). The molecule has 0 aliphatic rings. The van der Waals surface area contributed by atoms with Crippen molar-refractivity contribution in [2.45, 2.75) is 6.10 Å². The van der Waals surface area contributed by atoms with Gasteiger partial charge in [-0.1, -0.05) is 24.1 Å². The van der Waals surface area contributed by atoms with Crippen LogP contribution in [0.15, 0.2) is 24.3 Å². The first-order chi connectivity index (χ1) is 8.65. The number of halogens is 1. The van der Waals surface area contributed by atoms with Gasteiger partial charge in [-0.2, -0.15) is 0 Å². The highest BCUT2D eigenvalue weighted by Gasteiger charge is 2.13. The Morgan fingerprint density at radius 1 is 1.50 bits per heavy atom. The normalized spacial score (nSPS) is 11.2. The summed E-state index contributed by atoms with van der Waals surface area (Å²) in [5.41, 5.74) is 0.823. The average Bonchev–Trinajstić information content (AvgIpc) is 2.34. The van der Waals surface area contributed by atoms with Crippen molar-refractivity contribution in [1.29, 1.82) is 0 Å². The van der Waals surface area contributed by atoms with E-state index in [2.05, 4.69) is 15.2 Å². The molecule has 0 saturated heterocycles. The Morgan fingerprint density at radius 3 is 2.89 bits per heavy atom. The van der Waals surface area contributed by atoms with Gasteiger partial charge in [0.1, 0.15) is 12.7 Å². The maximum Gasteiger partial charge on any atom is 0.409 e. The van der Waals surface area contributed by atoms with Gasteiger partial charge >= 0.3 is 6.09 Å². The lowest BCUT2D eigenvalue weighted by molar-refractivity contribution is 0.0512. The summed E-state index contributed by atoms with van der Waals surface area (Å²) in [6.45, 7) is 0.290. The topological polar surface area (TPSA) is 78.8 Å². The van der Waals surface area contributed by atoms with Crippen molar-refractivity contribution in [3.05, 3.63) is 29.8 Å². The van der Waals surface area contributed by atoms with E-state index in [-0.39, 0.29) is 13.2 Å². The maximum absolute atomic E-state index is 10.6. The predicted octanol–water partition coefficient (Wildman–Crippen LogP) is 2.22. The second kappa shape index (κ2) is 7.92. The molecule has 0 heterocycles. The van der Waals surface area contributed by atoms with Crippen LogP contribution < -0.4 is 5.32 Å². The van der Waals surface area contributed by atoms with Crippen LogP contribution in [0.2, 0.25) is 0 Å². The van der Waals surface area contributed by atoms with Gasteiger partial charge < -0.3 is 14.9 Å². The molecule has 1 aromatic carbocycles. The fourth-order valence-electron chi connectivity index (χ4n) is 1.36. The minimum atomic E-state index is -1.17. The highest BCUT2D eigenvalue weighted by molar-refractivity contribution is 14.1. The summed E-state index contributed by atoms with van der Waals surface area (Å²) >= 11 is 1.90. The molecule has 0 spiro atoms. The van der Waals surface area contributed by atoms with E-state index in [4.69, 9.17) is 9.84 Å². The van der Waals surface area contributed by atoms with Crippen molar-refractivity contribution in [3.8, 4) is 9.85 Å². The highest BCUT2D eigenvalue weighted by atomic mass is 127. The lowest BCUT2D eigenvalue weighted by Crippen LogP contribution is -2.13. The largest absolute Gasteiger partial charge is 0.465 e. The number of nitrogens with one attached hydrogen (secondary N) is 1. The first-order valence-electron chi connectivity index (χ1n) is 5.08. The highest BCUT2D eigenvalue weighted by Crippen LogP contribution is 2.22. The summed E-state index contributed by atoms with van der Waals surface area (Å²) in [6, 6.07) is 6.63. The molecular weight excluding hydrogens is 349 g/mol. The maximum atomic E-state index is 10.6. The van der Waals surface area contributed by atoms with E-state index in [0.717, 1.165) is 0 Å². The molecule has 0 radical (unpaired) electrons. The fourth-order valence-corrected chi connectivity index (χ4v) is 1.51. The number of amides is 1. The third-order valence-corrected chi connectivity index (χ3v) is 2.46. The molecule has 0 aliphatic heterocycles. The number of rotatable bonds is 5. The molecule has 0 bridgehead atoms. The molecule has 96 valence electrons. The van der Waals surface area contributed by atoms with Crippen LogP contribution in [0.1, 0.15) is 11.7 Å². The number of aliphatic hydroxyl groups is 1. The summed E-state index contributed by atoms with van der Waals surface area (Å²) in [5.74, 6) is 2.70. The molecule has 1 amide bonds. The summed E-state index contributed by atoms with van der Waals surface area (Å²) in [4.78, 5) is 10.6. The summed E-state index contributed by atoms with van der Waals surface area (Å²) in [5, 5.41) is 20.8. The number of para-hydroxylation sites is 1. The van der Waals surface area contributed by atoms with Gasteiger partial charge in [-0.15, -0.1) is 0 Å². The van der Waals surface area contributed by atoms with Crippen molar-refractivity contribution in [1.82, 2.24) is 0 Å². The van der Waals surface area contributed by atoms with Crippen molar-refractivity contribution >= 4 is 34.4 Å². The number of carboxylic acid groups (broad SMARTS) is 1. The van der Waals surface area contributed by atoms with Gasteiger partial charge in [-0.3, -0.25) is 5.32 Å². The van der Waals surface area contributed by atoms with E-state index in [9.17, 15) is 9.90 Å². The van der Waals surface area contributed by atoms with Crippen LogP contribution in [-0.2, 0) is 4.74 Å². The molecule has 0 saturated carbocycles. The molecule has 18 heavy (non-hydrogen) atoms. The van der Waals surface area contributed by atoms with E-state index in [1.807, 2.05) is 22.6 Å². The number of benzene rings is 1. The van der Waals surface area contributed by atoms with Crippen molar-refractivity contribution in [3.63, 3.8) is 0 Å². The average molecular weight is 361 g/mol. The zero-order valence-electron chi connectivity index (χ0n) is 9.39. The van der Waals surface area contributed by atoms with Crippen LogP contribution in [-0.4, -0.2) is 29.5 Å². The van der Waals surface area contributed by atoms with E-state index >= 15 is 0 Å². The minimum Gasteiger partial charge on any atom is -0.465 e. The molecule has 1 atom stereocenters. The SMILES string of the molecule is O=C(O)Nc1ccccc1C(O)COCC#CI. The van der Waals surface area contributed by atoms with Crippen molar-refractivity contribution in [2.75, 3.05) is 18.5 Å². The molecule has 1 unspecified atom stereocenters. The molecule has 0 fully saturated rings. The van der Waals surface area contributed by atoms with Crippen LogP contribution in [0.5, 0.6) is 0 Å². The number of hydrogen-bond donors (Lipinski definition) is 3. The smallest absolute Gasteiger partial charge is 0.409 e. The third-order valence-electron chi connectivity index (χ3n) is 2.08. The van der Waals surface area contributed by atoms with Crippen LogP contribution >= 0.6 is 22.6 Å².